The fourth-order valence-corrected chi connectivity index (χ4v) is 2.35. The molecule has 0 amide bonds. The molecule has 0 saturated carbocycles. The van der Waals surface area contributed by atoms with Crippen LogP contribution < -0.4 is 0 Å². The molecule has 0 unspecified atom stereocenters. The summed E-state index contributed by atoms with van der Waals surface area (Å²) in [5.41, 5.74) is 0. The summed E-state index contributed by atoms with van der Waals surface area (Å²) in [4.78, 5) is 0. The lowest BCUT2D eigenvalue weighted by atomic mass is 10.8. The van der Waals surface area contributed by atoms with Gasteiger partial charge in [0.05, 0.1) is 0 Å². The van der Waals surface area contributed by atoms with Gasteiger partial charge in [-0.1, -0.05) is 0 Å². The normalized spacial score (nSPS) is 29.9. The van der Waals surface area contributed by atoms with Crippen LogP contribution >= 0.6 is 0 Å². The van der Waals surface area contributed by atoms with Gasteiger partial charge in [-0.3, -0.25) is 0 Å². The highest BCUT2D eigenvalue weighted by atomic mass is 32.3. The molecule has 0 spiro atoms. The second kappa shape index (κ2) is 2.38. The smallest absolute Gasteiger partial charge is 0.214 e. The van der Waals surface area contributed by atoms with Crippen molar-refractivity contribution in [3.63, 3.8) is 0 Å². The van der Waals surface area contributed by atoms with Crippen LogP contribution in [0.3, 0.4) is 0 Å². The molecule has 0 aliphatic carbocycles. The molecule has 7 nitrogen and oxygen atoms in total. The van der Waals surface area contributed by atoms with Gasteiger partial charge < -0.3 is 0 Å². The second-order valence-corrected chi connectivity index (χ2v) is 4.21. The van der Waals surface area contributed by atoms with E-state index in [-0.39, 0.29) is 0 Å². The van der Waals surface area contributed by atoms with Crippen molar-refractivity contribution in [3.05, 3.63) is 0 Å². The van der Waals surface area contributed by atoms with Crippen LogP contribution in [0.5, 0.6) is 0 Å². The Balaban J connectivity index is 3.02. The van der Waals surface area contributed by atoms with Crippen LogP contribution in [0.4, 0.5) is 0 Å². The highest BCUT2D eigenvalue weighted by Crippen LogP contribution is 2.17. The van der Waals surface area contributed by atoms with E-state index in [9.17, 15) is 16.8 Å². The molecule has 1 rings (SSSR count). The van der Waals surface area contributed by atoms with Gasteiger partial charge in [-0.05, 0) is 6.92 Å². The molecule has 0 aromatic rings. The minimum atomic E-state index is -4.45. The maximum atomic E-state index is 10.4. The summed E-state index contributed by atoms with van der Waals surface area (Å²) < 4.78 is 52.8. The predicted octanol–water partition coefficient (Wildman–Crippen LogP) is -1.11. The molecule has 0 N–H and O–H groups in total. The Hall–Kier alpha value is -0.220. The van der Waals surface area contributed by atoms with Gasteiger partial charge in [0.25, 0.3) is 0 Å². The minimum Gasteiger partial charge on any atom is -0.214 e. The maximum Gasteiger partial charge on any atom is 0.418 e. The van der Waals surface area contributed by atoms with Crippen LogP contribution in [0, 0.1) is 0 Å². The van der Waals surface area contributed by atoms with Crippen LogP contribution in [-0.4, -0.2) is 23.1 Å². The first-order valence-electron chi connectivity index (χ1n) is 2.38. The Morgan fingerprint density at radius 3 is 1.64 bits per heavy atom. The van der Waals surface area contributed by atoms with E-state index in [1.54, 1.807) is 0 Å². The zero-order valence-corrected chi connectivity index (χ0v) is 6.88. The molecule has 9 heteroatoms. The summed E-state index contributed by atoms with van der Waals surface area (Å²) in [7, 11) is -8.91. The monoisotopic (exact) mass is 204 g/mol. The SMILES string of the molecule is CC1OS(=O)(=O)OS(=O)(=O)O1. The van der Waals surface area contributed by atoms with Crippen molar-refractivity contribution in [3.8, 4) is 0 Å². The molecule has 1 heterocycles. The molecule has 1 fully saturated rings. The van der Waals surface area contributed by atoms with Crippen LogP contribution in [0.15, 0.2) is 0 Å². The summed E-state index contributed by atoms with van der Waals surface area (Å²) >= 11 is 0. The minimum absolute atomic E-state index is 1.11. The molecule has 1 saturated heterocycles. The van der Waals surface area contributed by atoms with E-state index in [1.165, 1.54) is 0 Å². The van der Waals surface area contributed by atoms with E-state index in [1.807, 2.05) is 0 Å². The zero-order valence-electron chi connectivity index (χ0n) is 5.25. The first-order valence-corrected chi connectivity index (χ1v) is 5.05. The lowest BCUT2D eigenvalue weighted by molar-refractivity contribution is -0.00306. The first-order chi connectivity index (χ1) is 4.81. The Bertz CT molecular complexity index is 301. The Labute approximate surface area is 63.5 Å². The van der Waals surface area contributed by atoms with E-state index in [2.05, 4.69) is 12.0 Å². The highest BCUT2D eigenvalue weighted by molar-refractivity contribution is 7.95. The number of hydrogen-bond acceptors (Lipinski definition) is 7. The summed E-state index contributed by atoms with van der Waals surface area (Å²) in [5, 5.41) is 0. The van der Waals surface area contributed by atoms with Crippen molar-refractivity contribution in [1.82, 2.24) is 0 Å². The summed E-state index contributed by atoms with van der Waals surface area (Å²) in [6.45, 7) is 1.11. The number of hydrogen-bond donors (Lipinski definition) is 0. The van der Waals surface area contributed by atoms with Gasteiger partial charge in [0.2, 0.25) is 0 Å². The zero-order chi connectivity index (χ0) is 8.70. The van der Waals surface area contributed by atoms with Crippen molar-refractivity contribution in [2.24, 2.45) is 0 Å². The van der Waals surface area contributed by atoms with Gasteiger partial charge in [0, 0.05) is 0 Å². The molecular weight excluding hydrogens is 200 g/mol. The first kappa shape index (κ1) is 8.87. The van der Waals surface area contributed by atoms with Gasteiger partial charge in [-0.2, -0.15) is 16.8 Å². The quantitative estimate of drug-likeness (QED) is 0.493. The fourth-order valence-electron chi connectivity index (χ4n) is 0.482. The van der Waals surface area contributed by atoms with Gasteiger partial charge in [0.1, 0.15) is 0 Å². The van der Waals surface area contributed by atoms with E-state index < -0.39 is 27.1 Å². The van der Waals surface area contributed by atoms with Crippen molar-refractivity contribution >= 4 is 20.8 Å². The van der Waals surface area contributed by atoms with Crippen molar-refractivity contribution in [2.45, 2.75) is 13.2 Å². The number of rotatable bonds is 0. The lowest BCUT2D eigenvalue weighted by Crippen LogP contribution is -2.32. The molecule has 0 radical (unpaired) electrons. The van der Waals surface area contributed by atoms with Gasteiger partial charge in [-0.25, -0.2) is 8.37 Å². The van der Waals surface area contributed by atoms with E-state index in [0.29, 0.717) is 0 Å². The maximum absolute atomic E-state index is 10.4. The summed E-state index contributed by atoms with van der Waals surface area (Å²) in [6, 6.07) is 0. The highest BCUT2D eigenvalue weighted by Gasteiger charge is 2.35. The Kier molecular flexibility index (Phi) is 1.92. The predicted molar refractivity (Wildman–Crippen MR) is 30.6 cm³/mol. The molecular formula is C2H4O7S2. The average Bonchev–Trinajstić information content (AvgIpc) is 1.49. The van der Waals surface area contributed by atoms with Gasteiger partial charge in [0.15, 0.2) is 6.29 Å². The summed E-state index contributed by atoms with van der Waals surface area (Å²) in [6.07, 6.45) is -1.38. The van der Waals surface area contributed by atoms with Gasteiger partial charge >= 0.3 is 20.8 Å². The third-order valence-electron chi connectivity index (χ3n) is 0.673. The Morgan fingerprint density at radius 1 is 1.00 bits per heavy atom. The van der Waals surface area contributed by atoms with E-state index >= 15 is 0 Å². The molecule has 0 aromatic heterocycles. The fraction of sp³-hybridized carbons (Fsp3) is 1.00. The Morgan fingerprint density at radius 2 is 1.36 bits per heavy atom. The van der Waals surface area contributed by atoms with Crippen molar-refractivity contribution in [1.29, 1.82) is 0 Å². The molecule has 11 heavy (non-hydrogen) atoms. The molecule has 66 valence electrons. The van der Waals surface area contributed by atoms with Crippen LogP contribution in [0.2, 0.25) is 0 Å². The van der Waals surface area contributed by atoms with Crippen LogP contribution in [0.25, 0.3) is 0 Å². The van der Waals surface area contributed by atoms with Gasteiger partial charge in [-0.15, -0.1) is 3.63 Å². The molecule has 0 aromatic carbocycles. The standard InChI is InChI=1S/C2H4O7S2/c1-2-7-10(3,4)9-11(5,6)8-2/h2H,1H3. The lowest BCUT2D eigenvalue weighted by Gasteiger charge is -2.16. The van der Waals surface area contributed by atoms with Crippen LogP contribution in [0.1, 0.15) is 6.92 Å². The molecule has 1 aliphatic rings. The van der Waals surface area contributed by atoms with Crippen LogP contribution in [-0.2, 0) is 32.8 Å². The molecule has 0 bridgehead atoms. The average molecular weight is 204 g/mol. The van der Waals surface area contributed by atoms with E-state index in [4.69, 9.17) is 0 Å². The largest absolute Gasteiger partial charge is 0.418 e. The molecule has 0 atom stereocenters. The van der Waals surface area contributed by atoms with Crippen molar-refractivity contribution < 1.29 is 28.8 Å². The topological polar surface area (TPSA) is 96.0 Å². The van der Waals surface area contributed by atoms with Crippen molar-refractivity contribution in [2.75, 3.05) is 0 Å². The second-order valence-electron chi connectivity index (χ2n) is 1.64. The molecule has 1 aliphatic heterocycles. The summed E-state index contributed by atoms with van der Waals surface area (Å²) in [5.74, 6) is 0. The van der Waals surface area contributed by atoms with E-state index in [0.717, 1.165) is 6.92 Å². The third kappa shape index (κ3) is 2.38. The third-order valence-corrected chi connectivity index (χ3v) is 3.02.